The molecule has 256 valence electrons. The predicted molar refractivity (Wildman–Crippen MR) is 153 cm³/mol. The van der Waals surface area contributed by atoms with Crippen LogP contribution in [0, 0.1) is 0 Å². The van der Waals surface area contributed by atoms with Gasteiger partial charge >= 0.3 is 23.7 Å². The summed E-state index contributed by atoms with van der Waals surface area (Å²) in [5.74, 6) is 0.269. The maximum Gasteiger partial charge on any atom is 0.510 e. The van der Waals surface area contributed by atoms with Crippen molar-refractivity contribution in [1.82, 2.24) is 19.1 Å². The first-order chi connectivity index (χ1) is 21.9. The van der Waals surface area contributed by atoms with E-state index in [1.54, 1.807) is 20.8 Å². The lowest BCUT2D eigenvalue weighted by atomic mass is 10.5. The van der Waals surface area contributed by atoms with Gasteiger partial charge in [0.15, 0.2) is 31.8 Å². The van der Waals surface area contributed by atoms with Crippen molar-refractivity contribution in [2.45, 2.75) is 65.1 Å². The molecule has 2 aliphatic heterocycles. The molecule has 20 heteroatoms. The zero-order valence-corrected chi connectivity index (χ0v) is 25.7. The number of nitrogen functional groups attached to an aromatic ring is 2. The van der Waals surface area contributed by atoms with E-state index in [4.69, 9.17) is 49.4 Å². The van der Waals surface area contributed by atoms with Gasteiger partial charge in [-0.15, -0.1) is 0 Å². The molecular weight excluding hydrogens is 620 g/mol. The van der Waals surface area contributed by atoms with Gasteiger partial charge in [0, 0.05) is 12.4 Å². The average Bonchev–Trinajstić information content (AvgIpc) is 3.64. The van der Waals surface area contributed by atoms with Gasteiger partial charge in [-0.05, 0) is 39.8 Å². The van der Waals surface area contributed by atoms with Crippen LogP contribution in [0.4, 0.5) is 21.2 Å². The number of rotatable bonds is 12. The largest absolute Gasteiger partial charge is 0.510 e. The van der Waals surface area contributed by atoms with Crippen LogP contribution in [0.5, 0.6) is 0 Å². The van der Waals surface area contributed by atoms with Crippen molar-refractivity contribution in [3.05, 3.63) is 45.5 Å². The molecule has 2 aromatic rings. The predicted octanol–water partition coefficient (Wildman–Crippen LogP) is 0.465. The number of anilines is 2. The second kappa shape index (κ2) is 18.0. The highest BCUT2D eigenvalue weighted by Gasteiger charge is 2.30. The second-order valence-corrected chi connectivity index (χ2v) is 9.54. The minimum atomic E-state index is -0.818. The normalized spacial score (nSPS) is 21.2. The SMILES string of the molecule is CC(C)OC(=O)OCOC[C@H]1OC[C@@H](n2ccc(N)nc2=O)O1.CCOC(=O)OC(C)OC[C@H]1OC[C@@H](n2ccc(N)nc2=O)O1. The summed E-state index contributed by atoms with van der Waals surface area (Å²) in [6.45, 7) is 6.92. The van der Waals surface area contributed by atoms with Crippen LogP contribution in [0.15, 0.2) is 34.1 Å². The molecule has 2 fully saturated rings. The minimum absolute atomic E-state index is 0.0220. The summed E-state index contributed by atoms with van der Waals surface area (Å²) in [5.41, 5.74) is 9.79. The Morgan fingerprint density at radius 3 is 1.89 bits per heavy atom. The van der Waals surface area contributed by atoms with Crippen LogP contribution in [0.1, 0.15) is 40.2 Å². The molecule has 4 rings (SSSR count). The number of ether oxygens (including phenoxy) is 10. The fourth-order valence-electron chi connectivity index (χ4n) is 3.64. The number of carbonyl (C=O) groups excluding carboxylic acids is 2. The molecule has 4 N–H and O–H groups in total. The molecule has 5 atom stereocenters. The van der Waals surface area contributed by atoms with Gasteiger partial charge in [-0.1, -0.05) is 0 Å². The minimum Gasteiger partial charge on any atom is -0.435 e. The number of nitrogens with zero attached hydrogens (tertiary/aromatic N) is 4. The van der Waals surface area contributed by atoms with Gasteiger partial charge in [0.1, 0.15) is 24.8 Å². The van der Waals surface area contributed by atoms with Gasteiger partial charge in [-0.3, -0.25) is 9.13 Å². The summed E-state index contributed by atoms with van der Waals surface area (Å²) in [5, 5.41) is 0. The quantitative estimate of drug-likeness (QED) is 0.179. The summed E-state index contributed by atoms with van der Waals surface area (Å²) in [6, 6.07) is 2.98. The van der Waals surface area contributed by atoms with Crippen LogP contribution in [0.25, 0.3) is 0 Å². The average molecular weight is 659 g/mol. The molecular formula is C26H38N6O14. The molecule has 4 heterocycles. The van der Waals surface area contributed by atoms with E-state index >= 15 is 0 Å². The van der Waals surface area contributed by atoms with Gasteiger partial charge in [-0.25, -0.2) is 19.2 Å². The number of aromatic nitrogens is 4. The Labute approximate surface area is 262 Å². The monoisotopic (exact) mass is 658 g/mol. The summed E-state index contributed by atoms with van der Waals surface area (Å²) >= 11 is 0. The van der Waals surface area contributed by atoms with Crippen LogP contribution >= 0.6 is 0 Å². The Kier molecular flexibility index (Phi) is 14.1. The van der Waals surface area contributed by atoms with Gasteiger partial charge in [-0.2, -0.15) is 9.97 Å². The molecule has 46 heavy (non-hydrogen) atoms. The molecule has 1 unspecified atom stereocenters. The smallest absolute Gasteiger partial charge is 0.435 e. The van der Waals surface area contributed by atoms with E-state index in [0.717, 1.165) is 0 Å². The van der Waals surface area contributed by atoms with Crippen LogP contribution in [-0.2, 0) is 47.4 Å². The number of nitrogens with two attached hydrogens (primary N) is 2. The molecule has 0 aliphatic carbocycles. The molecule has 0 bridgehead atoms. The molecule has 0 spiro atoms. The zero-order valence-electron chi connectivity index (χ0n) is 25.7. The topological polar surface area (TPSA) is 248 Å². The van der Waals surface area contributed by atoms with Crippen LogP contribution < -0.4 is 22.8 Å². The van der Waals surface area contributed by atoms with Gasteiger partial charge in [0.05, 0.1) is 25.9 Å². The van der Waals surface area contributed by atoms with Crippen LogP contribution in [-0.4, -0.2) is 96.2 Å². The molecule has 0 amide bonds. The van der Waals surface area contributed by atoms with Crippen molar-refractivity contribution in [2.24, 2.45) is 0 Å². The first-order valence-electron chi connectivity index (χ1n) is 14.0. The van der Waals surface area contributed by atoms with Crippen molar-refractivity contribution in [3.8, 4) is 0 Å². The van der Waals surface area contributed by atoms with Crippen molar-refractivity contribution < 1.29 is 57.0 Å². The Morgan fingerprint density at radius 1 is 0.870 bits per heavy atom. The Hall–Kier alpha value is -4.34. The molecule has 20 nitrogen and oxygen atoms in total. The molecule has 0 radical (unpaired) electrons. The Morgan fingerprint density at radius 2 is 1.39 bits per heavy atom. The van der Waals surface area contributed by atoms with Crippen LogP contribution in [0.2, 0.25) is 0 Å². The maximum absolute atomic E-state index is 11.7. The van der Waals surface area contributed by atoms with E-state index in [9.17, 15) is 19.2 Å². The Balaban J connectivity index is 0.000000250. The van der Waals surface area contributed by atoms with E-state index in [0.29, 0.717) is 0 Å². The van der Waals surface area contributed by atoms with E-state index in [1.807, 2.05) is 0 Å². The number of carbonyl (C=O) groups is 2. The molecule has 2 aromatic heterocycles. The fraction of sp³-hybridized carbons (Fsp3) is 0.615. The zero-order chi connectivity index (χ0) is 33.6. The third-order valence-corrected chi connectivity index (χ3v) is 5.63. The van der Waals surface area contributed by atoms with Crippen molar-refractivity contribution in [2.75, 3.05) is 51.3 Å². The lowest BCUT2D eigenvalue weighted by Gasteiger charge is -2.16. The number of hydrogen-bond donors (Lipinski definition) is 2. The molecule has 0 saturated carbocycles. The van der Waals surface area contributed by atoms with E-state index < -0.39 is 55.0 Å². The summed E-state index contributed by atoms with van der Waals surface area (Å²) < 4.78 is 53.6. The van der Waals surface area contributed by atoms with Gasteiger partial charge in [0.2, 0.25) is 6.29 Å². The first kappa shape index (κ1) is 36.1. The van der Waals surface area contributed by atoms with Crippen molar-refractivity contribution >= 4 is 23.9 Å². The first-order valence-corrected chi connectivity index (χ1v) is 14.0. The Bertz CT molecular complexity index is 1390. The lowest BCUT2D eigenvalue weighted by molar-refractivity contribution is -0.173. The lowest BCUT2D eigenvalue weighted by Crippen LogP contribution is -2.29. The van der Waals surface area contributed by atoms with Gasteiger partial charge < -0.3 is 58.8 Å². The van der Waals surface area contributed by atoms with E-state index in [2.05, 4.69) is 19.4 Å². The highest BCUT2D eigenvalue weighted by molar-refractivity contribution is 5.60. The van der Waals surface area contributed by atoms with Crippen molar-refractivity contribution in [1.29, 1.82) is 0 Å². The highest BCUT2D eigenvalue weighted by Crippen LogP contribution is 2.21. The van der Waals surface area contributed by atoms with E-state index in [1.165, 1.54) is 40.6 Å². The number of hydrogen-bond acceptors (Lipinski definition) is 18. The fourth-order valence-corrected chi connectivity index (χ4v) is 3.64. The maximum atomic E-state index is 11.7. The molecule has 2 aliphatic rings. The third kappa shape index (κ3) is 11.9. The standard InChI is InChI=1S/2C13H19N3O7/c1-8(2)22-13(18)21-7-19-6-11-20-5-10(23-11)16-4-3-9(14)15-12(16)17;1-3-19-13(18)22-8(2)20-7-11-21-6-10(23-11)16-5-4-9(14)15-12(16)17/h3-4,8,10-11H,5-7H2,1-2H3,(H2,14,15,17);4-5,8,10-11H,3,6-7H2,1-2H3,(H2,14,15,17)/t10-,11-;8?,10-,11-/m00/s1. The summed E-state index contributed by atoms with van der Waals surface area (Å²) in [7, 11) is 0. The van der Waals surface area contributed by atoms with Crippen molar-refractivity contribution in [3.63, 3.8) is 0 Å². The highest BCUT2D eigenvalue weighted by atomic mass is 16.8. The third-order valence-electron chi connectivity index (χ3n) is 5.63. The summed E-state index contributed by atoms with van der Waals surface area (Å²) in [4.78, 5) is 52.8. The second-order valence-electron chi connectivity index (χ2n) is 9.54. The van der Waals surface area contributed by atoms with Gasteiger partial charge in [0.25, 0.3) is 0 Å². The van der Waals surface area contributed by atoms with Crippen LogP contribution in [0.3, 0.4) is 0 Å². The molecule has 0 aromatic carbocycles. The summed E-state index contributed by atoms with van der Waals surface area (Å²) in [6.07, 6.45) is -2.37. The molecule has 2 saturated heterocycles. The van der Waals surface area contributed by atoms with E-state index in [-0.39, 0.29) is 57.6 Å².